The molecule has 22 heavy (non-hydrogen) atoms. The minimum absolute atomic E-state index is 0.0615. The molecule has 1 aromatic heterocycles. The fourth-order valence-electron chi connectivity index (χ4n) is 1.93. The number of halogens is 1. The number of rotatable bonds is 6. The lowest BCUT2D eigenvalue weighted by molar-refractivity contribution is -0.121. The predicted octanol–water partition coefficient (Wildman–Crippen LogP) is 3.51. The predicted molar refractivity (Wildman–Crippen MR) is 92.0 cm³/mol. The van der Waals surface area contributed by atoms with Crippen LogP contribution in [0.3, 0.4) is 0 Å². The second-order valence-electron chi connectivity index (χ2n) is 4.82. The molecule has 0 radical (unpaired) electrons. The first-order valence-electron chi connectivity index (χ1n) is 6.93. The molecule has 0 saturated heterocycles. The van der Waals surface area contributed by atoms with Crippen LogP contribution < -0.4 is 10.6 Å². The third-order valence-corrected chi connectivity index (χ3v) is 4.53. The van der Waals surface area contributed by atoms with Crippen LogP contribution in [0.4, 0.5) is 0 Å². The Morgan fingerprint density at radius 3 is 2.59 bits per heavy atom. The van der Waals surface area contributed by atoms with Crippen molar-refractivity contribution in [1.82, 2.24) is 10.6 Å². The molecule has 2 N–H and O–H groups in total. The van der Waals surface area contributed by atoms with Crippen LogP contribution in [-0.2, 0) is 4.79 Å². The second kappa shape index (κ2) is 8.10. The zero-order chi connectivity index (χ0) is 15.9. The average molecular weight is 381 g/mol. The fraction of sp³-hybridized carbons (Fsp3) is 0.250. The van der Waals surface area contributed by atoms with Gasteiger partial charge in [-0.1, -0.05) is 34.1 Å². The summed E-state index contributed by atoms with van der Waals surface area (Å²) in [6.45, 7) is 2.26. The van der Waals surface area contributed by atoms with Crippen molar-refractivity contribution in [1.29, 1.82) is 0 Å². The molecule has 0 fully saturated rings. The number of thiophene rings is 1. The molecule has 116 valence electrons. The van der Waals surface area contributed by atoms with Gasteiger partial charge in [-0.05, 0) is 36.1 Å². The van der Waals surface area contributed by atoms with Crippen LogP contribution in [0.15, 0.2) is 46.3 Å². The van der Waals surface area contributed by atoms with E-state index in [1.807, 2.05) is 42.6 Å². The van der Waals surface area contributed by atoms with Gasteiger partial charge in [-0.15, -0.1) is 11.3 Å². The molecule has 0 aliphatic carbocycles. The third kappa shape index (κ3) is 4.96. The highest BCUT2D eigenvalue weighted by atomic mass is 79.9. The zero-order valence-electron chi connectivity index (χ0n) is 12.1. The highest BCUT2D eigenvalue weighted by Gasteiger charge is 2.10. The molecule has 1 atom stereocenters. The van der Waals surface area contributed by atoms with Gasteiger partial charge in [0, 0.05) is 17.4 Å². The Balaban J connectivity index is 1.73. The van der Waals surface area contributed by atoms with Gasteiger partial charge in [0.2, 0.25) is 5.91 Å². The van der Waals surface area contributed by atoms with E-state index in [0.29, 0.717) is 11.4 Å². The van der Waals surface area contributed by atoms with Crippen molar-refractivity contribution in [2.45, 2.75) is 19.4 Å². The Kier molecular flexibility index (Phi) is 6.15. The molecular formula is C16H17BrN2O2S. The summed E-state index contributed by atoms with van der Waals surface area (Å²) in [4.78, 5) is 24.3. The lowest BCUT2D eigenvalue weighted by atomic mass is 10.1. The van der Waals surface area contributed by atoms with Crippen LogP contribution in [0.5, 0.6) is 0 Å². The average Bonchev–Trinajstić information content (AvgIpc) is 3.02. The molecular weight excluding hydrogens is 364 g/mol. The van der Waals surface area contributed by atoms with E-state index in [1.165, 1.54) is 11.3 Å². The summed E-state index contributed by atoms with van der Waals surface area (Å²) in [6.07, 6.45) is 0.262. The van der Waals surface area contributed by atoms with Gasteiger partial charge in [-0.2, -0.15) is 0 Å². The van der Waals surface area contributed by atoms with Crippen molar-refractivity contribution in [2.75, 3.05) is 6.54 Å². The van der Waals surface area contributed by atoms with Crippen LogP contribution in [-0.4, -0.2) is 18.4 Å². The lowest BCUT2D eigenvalue weighted by Crippen LogP contribution is -2.31. The first-order valence-corrected chi connectivity index (χ1v) is 8.60. The number of benzene rings is 1. The van der Waals surface area contributed by atoms with Gasteiger partial charge in [0.25, 0.3) is 5.91 Å². The number of amides is 2. The first kappa shape index (κ1) is 16.7. The summed E-state index contributed by atoms with van der Waals surface area (Å²) in [6, 6.07) is 11.3. The van der Waals surface area contributed by atoms with Gasteiger partial charge < -0.3 is 10.6 Å². The van der Waals surface area contributed by atoms with Gasteiger partial charge in [0.1, 0.15) is 0 Å². The first-order chi connectivity index (χ1) is 10.6. The number of hydrogen-bond acceptors (Lipinski definition) is 3. The van der Waals surface area contributed by atoms with E-state index in [9.17, 15) is 9.59 Å². The quantitative estimate of drug-likeness (QED) is 0.805. The van der Waals surface area contributed by atoms with Gasteiger partial charge in [0.05, 0.1) is 10.9 Å². The van der Waals surface area contributed by atoms with E-state index in [0.717, 1.165) is 10.0 Å². The monoisotopic (exact) mass is 380 g/mol. The normalized spacial score (nSPS) is 11.7. The number of hydrogen-bond donors (Lipinski definition) is 2. The van der Waals surface area contributed by atoms with E-state index in [4.69, 9.17) is 0 Å². The lowest BCUT2D eigenvalue weighted by Gasteiger charge is -2.14. The van der Waals surface area contributed by atoms with Gasteiger partial charge in [-0.25, -0.2) is 0 Å². The Morgan fingerprint density at radius 2 is 1.95 bits per heavy atom. The fourth-order valence-corrected chi connectivity index (χ4v) is 2.84. The van der Waals surface area contributed by atoms with E-state index in [1.54, 1.807) is 6.07 Å². The van der Waals surface area contributed by atoms with Crippen molar-refractivity contribution in [2.24, 2.45) is 0 Å². The number of carbonyl (C=O) groups is 2. The highest BCUT2D eigenvalue weighted by molar-refractivity contribution is 9.10. The van der Waals surface area contributed by atoms with Crippen molar-refractivity contribution >= 4 is 39.1 Å². The molecule has 0 bridgehead atoms. The minimum atomic E-state index is -0.135. The van der Waals surface area contributed by atoms with Crippen molar-refractivity contribution in [3.63, 3.8) is 0 Å². The van der Waals surface area contributed by atoms with Gasteiger partial charge in [-0.3, -0.25) is 9.59 Å². The molecule has 1 aromatic carbocycles. The number of nitrogens with one attached hydrogen (secondary N) is 2. The summed E-state index contributed by atoms with van der Waals surface area (Å²) >= 11 is 4.77. The molecule has 0 spiro atoms. The Labute approximate surface area is 142 Å². The van der Waals surface area contributed by atoms with Crippen LogP contribution in [0.25, 0.3) is 0 Å². The topological polar surface area (TPSA) is 58.2 Å². The molecule has 0 saturated carbocycles. The largest absolute Gasteiger partial charge is 0.351 e. The molecule has 6 heteroatoms. The maximum atomic E-state index is 11.9. The molecule has 0 aliphatic heterocycles. The van der Waals surface area contributed by atoms with Crippen LogP contribution in [0, 0.1) is 0 Å². The summed E-state index contributed by atoms with van der Waals surface area (Å²) < 4.78 is 1.01. The Hall–Kier alpha value is -1.66. The second-order valence-corrected chi connectivity index (χ2v) is 6.69. The zero-order valence-corrected chi connectivity index (χ0v) is 14.5. The molecule has 2 amide bonds. The third-order valence-electron chi connectivity index (χ3n) is 3.13. The molecule has 2 aromatic rings. The maximum Gasteiger partial charge on any atom is 0.261 e. The SMILES string of the molecule is CC(NC(=O)CCNC(=O)c1cccs1)c1ccc(Br)cc1. The van der Waals surface area contributed by atoms with Crippen molar-refractivity contribution in [3.8, 4) is 0 Å². The molecule has 2 rings (SSSR count). The summed E-state index contributed by atoms with van der Waals surface area (Å²) in [5, 5.41) is 7.51. The smallest absolute Gasteiger partial charge is 0.261 e. The molecule has 0 aliphatic rings. The Morgan fingerprint density at radius 1 is 1.23 bits per heavy atom. The van der Waals surface area contributed by atoms with Crippen LogP contribution in [0.2, 0.25) is 0 Å². The molecule has 4 nitrogen and oxygen atoms in total. The van der Waals surface area contributed by atoms with Gasteiger partial charge >= 0.3 is 0 Å². The molecule has 1 unspecified atom stereocenters. The van der Waals surface area contributed by atoms with Crippen LogP contribution >= 0.6 is 27.3 Å². The summed E-state index contributed by atoms with van der Waals surface area (Å²) in [5.41, 5.74) is 1.04. The van der Waals surface area contributed by atoms with E-state index >= 15 is 0 Å². The highest BCUT2D eigenvalue weighted by Crippen LogP contribution is 2.16. The minimum Gasteiger partial charge on any atom is -0.351 e. The Bertz CT molecular complexity index is 626. The summed E-state index contributed by atoms with van der Waals surface area (Å²) in [5.74, 6) is -0.217. The van der Waals surface area contributed by atoms with E-state index < -0.39 is 0 Å². The maximum absolute atomic E-state index is 11.9. The van der Waals surface area contributed by atoms with E-state index in [-0.39, 0.29) is 24.3 Å². The standard InChI is InChI=1S/C16H17BrN2O2S/c1-11(12-4-6-13(17)7-5-12)19-15(20)8-9-18-16(21)14-3-2-10-22-14/h2-7,10-11H,8-9H2,1H3,(H,18,21)(H,19,20). The molecule has 1 heterocycles. The van der Waals surface area contributed by atoms with Crippen molar-refractivity contribution in [3.05, 3.63) is 56.7 Å². The summed E-state index contributed by atoms with van der Waals surface area (Å²) in [7, 11) is 0. The van der Waals surface area contributed by atoms with Crippen LogP contribution in [0.1, 0.15) is 34.6 Å². The van der Waals surface area contributed by atoms with Crippen molar-refractivity contribution < 1.29 is 9.59 Å². The number of carbonyl (C=O) groups excluding carboxylic acids is 2. The van der Waals surface area contributed by atoms with E-state index in [2.05, 4.69) is 26.6 Å². The van der Waals surface area contributed by atoms with Gasteiger partial charge in [0.15, 0.2) is 0 Å².